The first-order valence-corrected chi connectivity index (χ1v) is 8.75. The average Bonchev–Trinajstić information content (AvgIpc) is 3.17. The monoisotopic (exact) mass is 427 g/mol. The molecule has 2 aliphatic rings. The Bertz CT molecular complexity index is 619. The zero-order valence-electron chi connectivity index (χ0n) is 14.9. The van der Waals surface area contributed by atoms with Gasteiger partial charge in [-0.2, -0.15) is 13.2 Å². The normalized spacial score (nSPS) is 22.0. The van der Waals surface area contributed by atoms with E-state index in [1.54, 1.807) is 0 Å². The van der Waals surface area contributed by atoms with Crippen LogP contribution in [0.3, 0.4) is 0 Å². The summed E-state index contributed by atoms with van der Waals surface area (Å²) in [6.45, 7) is 2.09. The number of hydrogen-bond donors (Lipinski definition) is 2. The predicted molar refractivity (Wildman–Crippen MR) is 103 cm³/mol. The molecule has 3 N–H and O–H groups in total. The number of rotatable bonds is 4. The maximum atomic E-state index is 12.6. The molecule has 1 saturated carbocycles. The van der Waals surface area contributed by atoms with E-state index in [4.69, 9.17) is 5.73 Å². The Hall–Kier alpha value is -1.02. The first-order chi connectivity index (χ1) is 11.8. The third-order valence-corrected chi connectivity index (χ3v) is 5.24. The summed E-state index contributed by atoms with van der Waals surface area (Å²) in [6.07, 6.45) is -0.00661. The van der Waals surface area contributed by atoms with Crippen LogP contribution in [0.5, 0.6) is 0 Å². The van der Waals surface area contributed by atoms with Crippen molar-refractivity contribution in [2.24, 2.45) is 5.73 Å². The van der Waals surface area contributed by atoms with Crippen molar-refractivity contribution >= 4 is 30.7 Å². The van der Waals surface area contributed by atoms with Crippen LogP contribution in [0.4, 0.5) is 13.2 Å². The second-order valence-corrected chi connectivity index (χ2v) is 7.25. The number of nitrogens with one attached hydrogen (secondary N) is 1. The molecule has 0 radical (unpaired) electrons. The predicted octanol–water partition coefficient (Wildman–Crippen LogP) is 3.51. The molecule has 1 saturated heterocycles. The second-order valence-electron chi connectivity index (χ2n) is 7.25. The summed E-state index contributed by atoms with van der Waals surface area (Å²) in [4.78, 5) is 14.5. The van der Waals surface area contributed by atoms with Crippen molar-refractivity contribution in [1.29, 1.82) is 0 Å². The van der Waals surface area contributed by atoms with Crippen molar-refractivity contribution in [2.75, 3.05) is 13.1 Å². The Morgan fingerprint density at radius 1 is 1.19 bits per heavy atom. The minimum absolute atomic E-state index is 0. The molecule has 9 heteroatoms. The van der Waals surface area contributed by atoms with E-state index in [0.29, 0.717) is 13.1 Å². The summed E-state index contributed by atoms with van der Waals surface area (Å²) < 4.78 is 37.8. The van der Waals surface area contributed by atoms with Crippen LogP contribution in [0.15, 0.2) is 24.3 Å². The van der Waals surface area contributed by atoms with Crippen LogP contribution < -0.4 is 11.1 Å². The summed E-state index contributed by atoms with van der Waals surface area (Å²) >= 11 is 0. The molecule has 1 aliphatic heterocycles. The van der Waals surface area contributed by atoms with Crippen LogP contribution in [0.1, 0.15) is 43.2 Å². The molecule has 1 aliphatic carbocycles. The molecule has 1 atom stereocenters. The molecule has 27 heavy (non-hydrogen) atoms. The fourth-order valence-electron chi connectivity index (χ4n) is 3.71. The number of carbonyl (C=O) groups is 1. The van der Waals surface area contributed by atoms with Gasteiger partial charge in [-0.05, 0) is 37.0 Å². The second kappa shape index (κ2) is 9.45. The Morgan fingerprint density at radius 2 is 1.78 bits per heavy atom. The minimum Gasteiger partial charge on any atom is -0.350 e. The highest BCUT2D eigenvalue weighted by Crippen LogP contribution is 2.30. The number of likely N-dealkylation sites (tertiary alicyclic amines) is 1. The van der Waals surface area contributed by atoms with Crippen LogP contribution in [-0.2, 0) is 17.5 Å². The molecule has 1 unspecified atom stereocenters. The van der Waals surface area contributed by atoms with Crippen molar-refractivity contribution in [3.8, 4) is 0 Å². The number of nitrogens with two attached hydrogens (primary N) is 1. The van der Waals surface area contributed by atoms with E-state index < -0.39 is 17.3 Å². The van der Waals surface area contributed by atoms with Crippen LogP contribution >= 0.6 is 24.8 Å². The zero-order chi connectivity index (χ0) is 18.1. The number of halogens is 5. The third kappa shape index (κ3) is 5.98. The number of hydrogen-bond acceptors (Lipinski definition) is 3. The van der Waals surface area contributed by atoms with Crippen molar-refractivity contribution in [2.45, 2.75) is 56.4 Å². The molecular formula is C18H26Cl2F3N3O. The van der Waals surface area contributed by atoms with Gasteiger partial charge in [0.1, 0.15) is 0 Å². The molecule has 3 rings (SSSR count). The number of amides is 1. The van der Waals surface area contributed by atoms with Gasteiger partial charge in [0.25, 0.3) is 0 Å². The lowest BCUT2D eigenvalue weighted by Crippen LogP contribution is -2.54. The highest BCUT2D eigenvalue weighted by molar-refractivity contribution is 5.86. The molecule has 0 aromatic heterocycles. The van der Waals surface area contributed by atoms with Crippen LogP contribution in [0.25, 0.3) is 0 Å². The summed E-state index contributed by atoms with van der Waals surface area (Å²) in [5, 5.41) is 3.05. The Kier molecular flexibility index (Phi) is 8.41. The van der Waals surface area contributed by atoms with Gasteiger partial charge < -0.3 is 11.1 Å². The fourth-order valence-corrected chi connectivity index (χ4v) is 3.71. The van der Waals surface area contributed by atoms with Crippen molar-refractivity contribution in [3.63, 3.8) is 0 Å². The molecule has 1 heterocycles. The number of nitrogens with zero attached hydrogens (tertiary/aromatic N) is 1. The highest BCUT2D eigenvalue weighted by Gasteiger charge is 2.38. The van der Waals surface area contributed by atoms with Crippen LogP contribution in [-0.4, -0.2) is 35.5 Å². The van der Waals surface area contributed by atoms with Crippen molar-refractivity contribution in [3.05, 3.63) is 35.4 Å². The summed E-state index contributed by atoms with van der Waals surface area (Å²) in [6, 6.07) is 5.32. The van der Waals surface area contributed by atoms with E-state index in [-0.39, 0.29) is 36.8 Å². The zero-order valence-corrected chi connectivity index (χ0v) is 16.6. The molecule has 0 spiro atoms. The van der Waals surface area contributed by atoms with Crippen molar-refractivity contribution < 1.29 is 18.0 Å². The Labute approximate surface area is 169 Å². The van der Waals surface area contributed by atoms with Crippen LogP contribution in [0, 0.1) is 0 Å². The summed E-state index contributed by atoms with van der Waals surface area (Å²) in [5.74, 6) is -0.0635. The lowest BCUT2D eigenvalue weighted by atomic mass is 9.97. The SMILES string of the molecule is Cl.Cl.NC1(C(=O)NC2CCN(Cc3ccc(C(F)(F)F)cc3)C2)CCCC1. The Balaban J connectivity index is 0.00000182. The van der Waals surface area contributed by atoms with E-state index >= 15 is 0 Å². The summed E-state index contributed by atoms with van der Waals surface area (Å²) in [7, 11) is 0. The van der Waals surface area contributed by atoms with Gasteiger partial charge in [0.15, 0.2) is 0 Å². The summed E-state index contributed by atoms with van der Waals surface area (Å²) in [5.41, 5.74) is 5.66. The Morgan fingerprint density at radius 3 is 2.33 bits per heavy atom. The minimum atomic E-state index is -4.31. The average molecular weight is 428 g/mol. The standard InChI is InChI=1S/C18H24F3N3O.2ClH/c19-18(20,21)14-5-3-13(4-6-14)11-24-10-7-15(12-24)23-16(25)17(22)8-1-2-9-17;;/h3-6,15H,1-2,7-12,22H2,(H,23,25);2*1H. The van der Waals surface area contributed by atoms with E-state index in [1.807, 2.05) is 0 Å². The first-order valence-electron chi connectivity index (χ1n) is 8.75. The van der Waals surface area contributed by atoms with Gasteiger partial charge in [-0.1, -0.05) is 25.0 Å². The van der Waals surface area contributed by atoms with Crippen LogP contribution in [0.2, 0.25) is 0 Å². The molecule has 1 aromatic carbocycles. The maximum Gasteiger partial charge on any atom is 0.416 e. The number of carbonyl (C=O) groups excluding carboxylic acids is 1. The molecular weight excluding hydrogens is 402 g/mol. The van der Waals surface area contributed by atoms with E-state index in [2.05, 4.69) is 10.2 Å². The van der Waals surface area contributed by atoms with E-state index in [1.165, 1.54) is 12.1 Å². The van der Waals surface area contributed by atoms with Gasteiger partial charge in [0.05, 0.1) is 11.1 Å². The molecule has 4 nitrogen and oxygen atoms in total. The van der Waals surface area contributed by atoms with Gasteiger partial charge in [-0.25, -0.2) is 0 Å². The quantitative estimate of drug-likeness (QED) is 0.772. The number of benzene rings is 1. The van der Waals surface area contributed by atoms with Gasteiger partial charge >= 0.3 is 6.18 Å². The third-order valence-electron chi connectivity index (χ3n) is 5.24. The van der Waals surface area contributed by atoms with E-state index in [9.17, 15) is 18.0 Å². The van der Waals surface area contributed by atoms with Crippen molar-refractivity contribution in [1.82, 2.24) is 10.2 Å². The fraction of sp³-hybridized carbons (Fsp3) is 0.611. The topological polar surface area (TPSA) is 58.4 Å². The molecule has 0 bridgehead atoms. The van der Waals surface area contributed by atoms with Gasteiger partial charge in [-0.15, -0.1) is 24.8 Å². The van der Waals surface area contributed by atoms with Gasteiger partial charge in [0.2, 0.25) is 5.91 Å². The van der Waals surface area contributed by atoms with Gasteiger partial charge in [-0.3, -0.25) is 9.69 Å². The van der Waals surface area contributed by atoms with Gasteiger partial charge in [0, 0.05) is 25.7 Å². The highest BCUT2D eigenvalue weighted by atomic mass is 35.5. The first kappa shape index (κ1) is 24.0. The largest absolute Gasteiger partial charge is 0.416 e. The molecule has 1 aromatic rings. The lowest BCUT2D eigenvalue weighted by molar-refractivity contribution is -0.137. The maximum absolute atomic E-state index is 12.6. The number of alkyl halides is 3. The van der Waals surface area contributed by atoms with E-state index in [0.717, 1.165) is 56.3 Å². The molecule has 154 valence electrons. The lowest BCUT2D eigenvalue weighted by Gasteiger charge is -2.25. The smallest absolute Gasteiger partial charge is 0.350 e. The molecule has 1 amide bonds. The molecule has 2 fully saturated rings.